The molecule has 0 aliphatic carbocycles. The van der Waals surface area contributed by atoms with E-state index >= 15 is 0 Å². The molecule has 0 aliphatic heterocycles. The summed E-state index contributed by atoms with van der Waals surface area (Å²) in [7, 11) is -4.27. The Bertz CT molecular complexity index is 618. The predicted octanol–water partition coefficient (Wildman–Crippen LogP) is 2.48. The first-order valence-electron chi connectivity index (χ1n) is 5.03. The van der Waals surface area contributed by atoms with Gasteiger partial charge in [0.2, 0.25) is 10.0 Å². The van der Waals surface area contributed by atoms with E-state index in [1.807, 2.05) is 0 Å². The molecule has 112 valence electrons. The highest BCUT2D eigenvalue weighted by molar-refractivity contribution is 7.89. The highest BCUT2D eigenvalue weighted by atomic mass is 35.5. The first kappa shape index (κ1) is 16.7. The number of nitro benzene ring substituents is 1. The van der Waals surface area contributed by atoms with Gasteiger partial charge in [-0.15, -0.1) is 0 Å². The Morgan fingerprint density at radius 1 is 1.35 bits per heavy atom. The van der Waals surface area contributed by atoms with Gasteiger partial charge in [0.25, 0.3) is 5.69 Å². The number of alkyl halides is 3. The molecule has 20 heavy (non-hydrogen) atoms. The molecule has 0 aliphatic rings. The van der Waals surface area contributed by atoms with Crippen molar-refractivity contribution in [2.24, 2.45) is 0 Å². The second-order valence-corrected chi connectivity index (χ2v) is 5.81. The third-order valence-corrected chi connectivity index (χ3v) is 3.90. The van der Waals surface area contributed by atoms with Gasteiger partial charge in [-0.2, -0.15) is 13.2 Å². The summed E-state index contributed by atoms with van der Waals surface area (Å²) in [6.45, 7) is -0.859. The lowest BCUT2D eigenvalue weighted by molar-refractivity contribution is -0.384. The third kappa shape index (κ3) is 4.62. The molecule has 0 heterocycles. The number of sulfonamides is 1. The average molecular weight is 333 g/mol. The van der Waals surface area contributed by atoms with E-state index < -0.39 is 44.7 Å². The van der Waals surface area contributed by atoms with Crippen LogP contribution in [-0.4, -0.2) is 26.1 Å². The number of rotatable bonds is 5. The number of nitro groups is 1. The highest BCUT2D eigenvalue weighted by Gasteiger charge is 2.28. The monoisotopic (exact) mass is 332 g/mol. The molecule has 1 rings (SSSR count). The minimum Gasteiger partial charge on any atom is -0.258 e. The topological polar surface area (TPSA) is 89.3 Å². The molecule has 0 radical (unpaired) electrons. The van der Waals surface area contributed by atoms with Gasteiger partial charge in [-0.1, -0.05) is 11.6 Å². The second kappa shape index (κ2) is 5.94. The van der Waals surface area contributed by atoms with Crippen molar-refractivity contribution in [2.45, 2.75) is 17.5 Å². The number of hydrogen-bond donors (Lipinski definition) is 1. The van der Waals surface area contributed by atoms with Crippen molar-refractivity contribution in [2.75, 3.05) is 6.54 Å². The van der Waals surface area contributed by atoms with E-state index in [4.69, 9.17) is 11.6 Å². The molecule has 11 heteroatoms. The Morgan fingerprint density at radius 2 is 1.95 bits per heavy atom. The zero-order valence-corrected chi connectivity index (χ0v) is 11.2. The van der Waals surface area contributed by atoms with Crippen molar-refractivity contribution in [3.8, 4) is 0 Å². The standard InChI is InChI=1S/C9H8ClF3N2O4S/c10-7-2-1-6(5-8(7)15(16)17)20(18,19)14-4-3-9(11,12)13/h1-2,5,14H,3-4H2. The highest BCUT2D eigenvalue weighted by Crippen LogP contribution is 2.27. The molecule has 0 aromatic heterocycles. The van der Waals surface area contributed by atoms with E-state index in [1.165, 1.54) is 0 Å². The van der Waals surface area contributed by atoms with E-state index in [0.717, 1.165) is 12.1 Å². The molecule has 0 amide bonds. The number of halogens is 4. The third-order valence-electron chi connectivity index (χ3n) is 2.13. The normalized spacial score (nSPS) is 12.4. The molecular weight excluding hydrogens is 325 g/mol. The van der Waals surface area contributed by atoms with Gasteiger partial charge in [0.1, 0.15) is 5.02 Å². The Hall–Kier alpha value is -1.39. The maximum atomic E-state index is 11.9. The van der Waals surface area contributed by atoms with Crippen LogP contribution in [0.3, 0.4) is 0 Å². The molecule has 0 fully saturated rings. The Kier molecular flexibility index (Phi) is 4.95. The number of benzene rings is 1. The van der Waals surface area contributed by atoms with Gasteiger partial charge in [0.05, 0.1) is 16.2 Å². The van der Waals surface area contributed by atoms with Crippen LogP contribution < -0.4 is 4.72 Å². The number of hydrogen-bond acceptors (Lipinski definition) is 4. The zero-order chi connectivity index (χ0) is 15.6. The van der Waals surface area contributed by atoms with Gasteiger partial charge >= 0.3 is 6.18 Å². The van der Waals surface area contributed by atoms with Crippen LogP contribution in [0.4, 0.5) is 18.9 Å². The maximum absolute atomic E-state index is 11.9. The summed E-state index contributed by atoms with van der Waals surface area (Å²) in [4.78, 5) is 9.18. The zero-order valence-electron chi connectivity index (χ0n) is 9.65. The van der Waals surface area contributed by atoms with Crippen LogP contribution in [-0.2, 0) is 10.0 Å². The fourth-order valence-corrected chi connectivity index (χ4v) is 2.45. The van der Waals surface area contributed by atoms with Crippen LogP contribution in [0.15, 0.2) is 23.1 Å². The van der Waals surface area contributed by atoms with Gasteiger partial charge in [0, 0.05) is 12.6 Å². The molecule has 1 aromatic carbocycles. The molecular formula is C9H8ClF3N2O4S. The van der Waals surface area contributed by atoms with Crippen molar-refractivity contribution in [1.29, 1.82) is 0 Å². The van der Waals surface area contributed by atoms with Gasteiger partial charge in [0.15, 0.2) is 0 Å². The fourth-order valence-electron chi connectivity index (χ4n) is 1.21. The molecule has 0 atom stereocenters. The van der Waals surface area contributed by atoms with Crippen LogP contribution >= 0.6 is 11.6 Å². The summed E-state index contributed by atoms with van der Waals surface area (Å²) in [5.41, 5.74) is -0.648. The van der Waals surface area contributed by atoms with E-state index in [9.17, 15) is 31.7 Å². The minimum atomic E-state index is -4.51. The summed E-state index contributed by atoms with van der Waals surface area (Å²) in [5.74, 6) is 0. The Balaban J connectivity index is 2.93. The first-order chi connectivity index (χ1) is 9.03. The quantitative estimate of drug-likeness (QED) is 0.662. The first-order valence-corrected chi connectivity index (χ1v) is 6.89. The van der Waals surface area contributed by atoms with Crippen molar-refractivity contribution >= 4 is 27.3 Å². The summed E-state index contributed by atoms with van der Waals surface area (Å²) in [6, 6.07) is 2.63. The van der Waals surface area contributed by atoms with Crippen molar-refractivity contribution in [1.82, 2.24) is 4.72 Å². The number of nitrogens with one attached hydrogen (secondary N) is 1. The summed E-state index contributed by atoms with van der Waals surface area (Å²) in [6.07, 6.45) is -5.85. The molecule has 0 saturated heterocycles. The average Bonchev–Trinajstić information content (AvgIpc) is 2.26. The summed E-state index contributed by atoms with van der Waals surface area (Å²) >= 11 is 5.50. The lowest BCUT2D eigenvalue weighted by Gasteiger charge is -2.09. The van der Waals surface area contributed by atoms with Crippen LogP contribution in [0.25, 0.3) is 0 Å². The molecule has 0 bridgehead atoms. The second-order valence-electron chi connectivity index (χ2n) is 3.63. The molecule has 0 spiro atoms. The minimum absolute atomic E-state index is 0.274. The Labute approximate surface area is 116 Å². The maximum Gasteiger partial charge on any atom is 0.390 e. The van der Waals surface area contributed by atoms with Crippen LogP contribution in [0.2, 0.25) is 5.02 Å². The molecule has 0 saturated carbocycles. The van der Waals surface area contributed by atoms with E-state index in [2.05, 4.69) is 0 Å². The predicted molar refractivity (Wildman–Crippen MR) is 64.0 cm³/mol. The van der Waals surface area contributed by atoms with E-state index in [1.54, 1.807) is 4.72 Å². The molecule has 0 unspecified atom stereocenters. The van der Waals surface area contributed by atoms with Gasteiger partial charge < -0.3 is 0 Å². The van der Waals surface area contributed by atoms with Crippen LogP contribution in [0.5, 0.6) is 0 Å². The van der Waals surface area contributed by atoms with Crippen molar-refractivity contribution in [3.63, 3.8) is 0 Å². The molecule has 6 nitrogen and oxygen atoms in total. The van der Waals surface area contributed by atoms with Crippen molar-refractivity contribution < 1.29 is 26.5 Å². The SMILES string of the molecule is O=[N+]([O-])c1cc(S(=O)(=O)NCCC(F)(F)F)ccc1Cl. The van der Waals surface area contributed by atoms with Crippen LogP contribution in [0, 0.1) is 10.1 Å². The lowest BCUT2D eigenvalue weighted by atomic mass is 10.3. The molecule has 1 N–H and O–H groups in total. The van der Waals surface area contributed by atoms with Crippen LogP contribution in [0.1, 0.15) is 6.42 Å². The van der Waals surface area contributed by atoms with Gasteiger partial charge in [-0.3, -0.25) is 10.1 Å². The smallest absolute Gasteiger partial charge is 0.258 e. The summed E-state index contributed by atoms with van der Waals surface area (Å²) in [5, 5.41) is 10.3. The van der Waals surface area contributed by atoms with Crippen molar-refractivity contribution in [3.05, 3.63) is 33.3 Å². The number of nitrogens with zero attached hydrogens (tertiary/aromatic N) is 1. The van der Waals surface area contributed by atoms with Gasteiger partial charge in [-0.25, -0.2) is 13.1 Å². The summed E-state index contributed by atoms with van der Waals surface area (Å²) < 4.78 is 60.8. The lowest BCUT2D eigenvalue weighted by Crippen LogP contribution is -2.28. The largest absolute Gasteiger partial charge is 0.390 e. The van der Waals surface area contributed by atoms with Gasteiger partial charge in [-0.05, 0) is 12.1 Å². The Morgan fingerprint density at radius 3 is 2.45 bits per heavy atom. The van der Waals surface area contributed by atoms with E-state index in [-0.39, 0.29) is 5.02 Å². The van der Waals surface area contributed by atoms with E-state index in [0.29, 0.717) is 6.07 Å². The molecule has 1 aromatic rings. The fraction of sp³-hybridized carbons (Fsp3) is 0.333.